The van der Waals surface area contributed by atoms with E-state index in [1.54, 1.807) is 6.20 Å². The molecule has 0 aliphatic rings. The number of amides is 1. The average molecular weight is 272 g/mol. The molecule has 15 heavy (non-hydrogen) atoms. The number of hydrogen-bond donors (Lipinski definition) is 2. The van der Waals surface area contributed by atoms with Crippen molar-refractivity contribution in [3.8, 4) is 0 Å². The van der Waals surface area contributed by atoms with Crippen LogP contribution in [0.2, 0.25) is 0 Å². The van der Waals surface area contributed by atoms with Crippen LogP contribution in [0.5, 0.6) is 0 Å². The highest BCUT2D eigenvalue weighted by Crippen LogP contribution is 2.19. The molecule has 1 atom stereocenters. The van der Waals surface area contributed by atoms with Gasteiger partial charge in [0.15, 0.2) is 0 Å². The largest absolute Gasteiger partial charge is 0.322 e. The van der Waals surface area contributed by atoms with Crippen LogP contribution in [0.4, 0.5) is 5.69 Å². The molecule has 0 radical (unpaired) electrons. The van der Waals surface area contributed by atoms with E-state index >= 15 is 0 Å². The Morgan fingerprint density at radius 2 is 2.47 bits per heavy atom. The third-order valence-corrected chi connectivity index (χ3v) is 2.56. The van der Waals surface area contributed by atoms with E-state index in [2.05, 4.69) is 38.0 Å². The lowest BCUT2D eigenvalue weighted by Crippen LogP contribution is -2.20. The molecule has 5 heteroatoms. The van der Waals surface area contributed by atoms with Gasteiger partial charge in [-0.3, -0.25) is 9.89 Å². The minimum Gasteiger partial charge on any atom is -0.322 e. The predicted octanol–water partition coefficient (Wildman–Crippen LogP) is 2.71. The van der Waals surface area contributed by atoms with E-state index in [1.165, 1.54) is 0 Å². The summed E-state index contributed by atoms with van der Waals surface area (Å²) in [6, 6.07) is 0. The van der Waals surface area contributed by atoms with E-state index in [4.69, 9.17) is 0 Å². The van der Waals surface area contributed by atoms with Crippen LogP contribution in [-0.2, 0) is 4.79 Å². The third kappa shape index (κ3) is 3.51. The summed E-state index contributed by atoms with van der Waals surface area (Å²) in [5.74, 6) is -0.107. The van der Waals surface area contributed by atoms with Gasteiger partial charge in [-0.15, -0.1) is 6.58 Å². The number of halogens is 1. The Balaban J connectivity index is 2.56. The number of anilines is 1. The molecule has 82 valence electrons. The van der Waals surface area contributed by atoms with Crippen LogP contribution >= 0.6 is 15.9 Å². The van der Waals surface area contributed by atoms with Crippen molar-refractivity contribution < 1.29 is 4.79 Å². The highest BCUT2D eigenvalue weighted by Gasteiger charge is 2.14. The van der Waals surface area contributed by atoms with Crippen molar-refractivity contribution in [2.45, 2.75) is 20.3 Å². The van der Waals surface area contributed by atoms with Crippen LogP contribution in [0.15, 0.2) is 23.0 Å². The first-order valence-electron chi connectivity index (χ1n) is 4.64. The monoisotopic (exact) mass is 271 g/mol. The smallest absolute Gasteiger partial charge is 0.227 e. The van der Waals surface area contributed by atoms with E-state index in [9.17, 15) is 4.79 Å². The highest BCUT2D eigenvalue weighted by atomic mass is 79.9. The van der Waals surface area contributed by atoms with Gasteiger partial charge in [0.05, 0.1) is 11.9 Å². The van der Waals surface area contributed by atoms with Gasteiger partial charge < -0.3 is 5.32 Å². The number of nitrogens with zero attached hydrogens (tertiary/aromatic N) is 1. The average Bonchev–Trinajstić information content (AvgIpc) is 2.50. The van der Waals surface area contributed by atoms with E-state index in [-0.39, 0.29) is 11.8 Å². The maximum atomic E-state index is 11.7. The minimum absolute atomic E-state index is 0.0277. The SMILES string of the molecule is C=C(C)CC(C)C(=O)Nc1cn[nH]c1Br. The van der Waals surface area contributed by atoms with Gasteiger partial charge in [0, 0.05) is 5.92 Å². The molecule has 1 rings (SSSR count). The first-order valence-corrected chi connectivity index (χ1v) is 5.44. The Morgan fingerprint density at radius 1 is 1.80 bits per heavy atom. The summed E-state index contributed by atoms with van der Waals surface area (Å²) in [6.45, 7) is 7.57. The normalized spacial score (nSPS) is 12.2. The molecule has 0 aromatic carbocycles. The Kier molecular flexibility index (Phi) is 4.08. The molecule has 1 unspecified atom stereocenters. The second-order valence-electron chi connectivity index (χ2n) is 3.65. The van der Waals surface area contributed by atoms with E-state index in [0.29, 0.717) is 16.7 Å². The van der Waals surface area contributed by atoms with Gasteiger partial charge >= 0.3 is 0 Å². The second-order valence-corrected chi connectivity index (χ2v) is 4.44. The third-order valence-electron chi connectivity index (χ3n) is 1.95. The first-order chi connectivity index (χ1) is 7.00. The van der Waals surface area contributed by atoms with E-state index < -0.39 is 0 Å². The highest BCUT2D eigenvalue weighted by molar-refractivity contribution is 9.10. The molecular weight excluding hydrogens is 258 g/mol. The Morgan fingerprint density at radius 3 is 2.93 bits per heavy atom. The van der Waals surface area contributed by atoms with E-state index in [0.717, 1.165) is 5.57 Å². The number of allylic oxidation sites excluding steroid dienone is 1. The van der Waals surface area contributed by atoms with Crippen LogP contribution in [0.1, 0.15) is 20.3 Å². The zero-order chi connectivity index (χ0) is 11.4. The number of aromatic amines is 1. The number of H-pyrrole nitrogens is 1. The lowest BCUT2D eigenvalue weighted by Gasteiger charge is -2.10. The minimum atomic E-state index is -0.0794. The van der Waals surface area contributed by atoms with Gasteiger partial charge in [0.2, 0.25) is 5.91 Å². The fourth-order valence-corrected chi connectivity index (χ4v) is 1.53. The summed E-state index contributed by atoms with van der Waals surface area (Å²) in [6.07, 6.45) is 2.26. The van der Waals surface area contributed by atoms with Crippen LogP contribution in [0, 0.1) is 5.92 Å². The molecule has 0 aliphatic heterocycles. The van der Waals surface area contributed by atoms with Crippen LogP contribution in [0.25, 0.3) is 0 Å². The van der Waals surface area contributed by atoms with Gasteiger partial charge in [-0.25, -0.2) is 0 Å². The van der Waals surface area contributed by atoms with Gasteiger partial charge in [-0.05, 0) is 29.3 Å². The van der Waals surface area contributed by atoms with Crippen molar-refractivity contribution in [3.63, 3.8) is 0 Å². The molecule has 0 bridgehead atoms. The molecule has 0 saturated heterocycles. The maximum absolute atomic E-state index is 11.7. The summed E-state index contributed by atoms with van der Waals surface area (Å²) < 4.78 is 0.679. The molecule has 0 aliphatic carbocycles. The number of carbonyl (C=O) groups excluding carboxylic acids is 1. The molecule has 1 amide bonds. The van der Waals surface area contributed by atoms with Crippen molar-refractivity contribution >= 4 is 27.5 Å². The topological polar surface area (TPSA) is 57.8 Å². The summed E-state index contributed by atoms with van der Waals surface area (Å²) in [5, 5.41) is 9.25. The van der Waals surface area contributed by atoms with E-state index in [1.807, 2.05) is 13.8 Å². The number of hydrogen-bond acceptors (Lipinski definition) is 2. The molecular formula is C10H14BrN3O. The van der Waals surface area contributed by atoms with Gasteiger partial charge in [-0.2, -0.15) is 5.10 Å². The molecule has 0 saturated carbocycles. The molecule has 2 N–H and O–H groups in total. The van der Waals surface area contributed by atoms with Crippen LogP contribution in [0.3, 0.4) is 0 Å². The van der Waals surface area contributed by atoms with Gasteiger partial charge in [0.1, 0.15) is 4.60 Å². The summed E-state index contributed by atoms with van der Waals surface area (Å²) in [7, 11) is 0. The quantitative estimate of drug-likeness (QED) is 0.828. The van der Waals surface area contributed by atoms with Gasteiger partial charge in [0.25, 0.3) is 0 Å². The maximum Gasteiger partial charge on any atom is 0.227 e. The number of carbonyl (C=O) groups is 1. The molecule has 1 aromatic heterocycles. The molecule has 1 aromatic rings. The van der Waals surface area contributed by atoms with Crippen molar-refractivity contribution in [2.75, 3.05) is 5.32 Å². The first kappa shape index (κ1) is 12.0. The Hall–Kier alpha value is -1.10. The van der Waals surface area contributed by atoms with Crippen molar-refractivity contribution in [1.82, 2.24) is 10.2 Å². The Bertz CT molecular complexity index is 372. The Labute approximate surface area is 97.3 Å². The summed E-state index contributed by atoms with van der Waals surface area (Å²) in [4.78, 5) is 11.7. The summed E-state index contributed by atoms with van der Waals surface area (Å²) in [5.41, 5.74) is 1.66. The molecule has 4 nitrogen and oxygen atoms in total. The lowest BCUT2D eigenvalue weighted by atomic mass is 10.0. The predicted molar refractivity (Wildman–Crippen MR) is 63.5 cm³/mol. The number of nitrogens with one attached hydrogen (secondary N) is 2. The number of aromatic nitrogens is 2. The summed E-state index contributed by atoms with van der Waals surface area (Å²) >= 11 is 3.24. The standard InChI is InChI=1S/C10H14BrN3O/c1-6(2)4-7(3)10(15)13-8-5-12-14-9(8)11/h5,7H,1,4H2,2-3H3,(H,12,14)(H,13,15). The fraction of sp³-hybridized carbons (Fsp3) is 0.400. The zero-order valence-corrected chi connectivity index (χ0v) is 10.4. The van der Waals surface area contributed by atoms with Gasteiger partial charge in [-0.1, -0.05) is 12.5 Å². The van der Waals surface area contributed by atoms with Crippen molar-refractivity contribution in [1.29, 1.82) is 0 Å². The van der Waals surface area contributed by atoms with Crippen molar-refractivity contribution in [3.05, 3.63) is 23.0 Å². The fourth-order valence-electron chi connectivity index (χ4n) is 1.23. The molecule has 1 heterocycles. The zero-order valence-electron chi connectivity index (χ0n) is 8.80. The lowest BCUT2D eigenvalue weighted by molar-refractivity contribution is -0.119. The van der Waals surface area contributed by atoms with Crippen LogP contribution in [-0.4, -0.2) is 16.1 Å². The van der Waals surface area contributed by atoms with Crippen molar-refractivity contribution in [2.24, 2.45) is 5.92 Å². The van der Waals surface area contributed by atoms with Crippen LogP contribution < -0.4 is 5.32 Å². The number of rotatable bonds is 4. The molecule has 0 spiro atoms. The second kappa shape index (κ2) is 5.11. The molecule has 0 fully saturated rings.